The summed E-state index contributed by atoms with van der Waals surface area (Å²) in [6, 6.07) is 25.3. The summed E-state index contributed by atoms with van der Waals surface area (Å²) in [5, 5.41) is 0. The van der Waals surface area contributed by atoms with Crippen molar-refractivity contribution in [2.75, 3.05) is 7.11 Å². The average Bonchev–Trinajstić information content (AvgIpc) is 3.35. The Bertz CT molecular complexity index is 1130. The lowest BCUT2D eigenvalue weighted by Crippen LogP contribution is -2.46. The molecule has 0 saturated carbocycles. The number of methoxy groups -OCH3 is 1. The standard InChI is InChI=1S/C26H26NO7P/c1-31-25(28)23-17-18-24(27(23)26(29)32-19-20-11-5-2-6-12-20)35(30,33-21-13-7-3-8-14-21)34-22-15-9-4-10-16-22/h2-16,23-24H,17-19H2,1H3/t23-,24?/m0/s1. The van der Waals surface area contributed by atoms with Gasteiger partial charge < -0.3 is 18.5 Å². The molecule has 35 heavy (non-hydrogen) atoms. The van der Waals surface area contributed by atoms with Crippen molar-refractivity contribution in [3.05, 3.63) is 96.6 Å². The molecule has 8 nitrogen and oxygen atoms in total. The van der Waals surface area contributed by atoms with E-state index in [1.807, 2.05) is 30.3 Å². The highest BCUT2D eigenvalue weighted by molar-refractivity contribution is 7.55. The quantitative estimate of drug-likeness (QED) is 0.295. The first kappa shape index (κ1) is 24.4. The van der Waals surface area contributed by atoms with Crippen molar-refractivity contribution in [1.29, 1.82) is 0 Å². The third-order valence-electron chi connectivity index (χ3n) is 5.56. The first-order valence-corrected chi connectivity index (χ1v) is 12.8. The van der Waals surface area contributed by atoms with Crippen LogP contribution in [-0.2, 0) is 25.4 Å². The van der Waals surface area contributed by atoms with E-state index in [0.717, 1.165) is 10.5 Å². The van der Waals surface area contributed by atoms with Crippen molar-refractivity contribution in [2.45, 2.75) is 31.3 Å². The number of ether oxygens (including phenoxy) is 2. The van der Waals surface area contributed by atoms with Gasteiger partial charge in [0.2, 0.25) is 0 Å². The van der Waals surface area contributed by atoms with E-state index in [0.29, 0.717) is 11.5 Å². The number of benzene rings is 3. The molecule has 0 aliphatic carbocycles. The van der Waals surface area contributed by atoms with Gasteiger partial charge in [0.05, 0.1) is 7.11 Å². The molecule has 0 spiro atoms. The van der Waals surface area contributed by atoms with E-state index in [1.54, 1.807) is 60.7 Å². The smallest absolute Gasteiger partial charge is 0.453 e. The molecular formula is C26H26NO7P. The Labute approximate surface area is 203 Å². The normalized spacial score (nSPS) is 17.5. The van der Waals surface area contributed by atoms with Crippen LogP contribution in [0.5, 0.6) is 11.5 Å². The molecule has 2 atom stereocenters. The molecule has 1 fully saturated rings. The van der Waals surface area contributed by atoms with Gasteiger partial charge in [0, 0.05) is 0 Å². The predicted molar refractivity (Wildman–Crippen MR) is 129 cm³/mol. The molecular weight excluding hydrogens is 469 g/mol. The fourth-order valence-corrected chi connectivity index (χ4v) is 6.05. The zero-order chi connectivity index (χ0) is 24.7. The van der Waals surface area contributed by atoms with Crippen molar-refractivity contribution in [3.63, 3.8) is 0 Å². The second kappa shape index (κ2) is 11.1. The van der Waals surface area contributed by atoms with Crippen LogP contribution in [-0.4, -0.2) is 35.9 Å². The molecule has 1 saturated heterocycles. The number of hydrogen-bond acceptors (Lipinski definition) is 7. The Morgan fingerprint density at radius 3 is 1.86 bits per heavy atom. The highest BCUT2D eigenvalue weighted by atomic mass is 31.2. The van der Waals surface area contributed by atoms with E-state index in [9.17, 15) is 14.2 Å². The highest BCUT2D eigenvalue weighted by Gasteiger charge is 2.54. The number of hydrogen-bond donors (Lipinski definition) is 0. The lowest BCUT2D eigenvalue weighted by Gasteiger charge is -2.32. The molecule has 1 unspecified atom stereocenters. The third kappa shape index (κ3) is 5.84. The minimum absolute atomic E-state index is 0.0137. The van der Waals surface area contributed by atoms with Crippen LogP contribution in [0.15, 0.2) is 91.0 Å². The summed E-state index contributed by atoms with van der Waals surface area (Å²) in [7, 11) is -2.85. The minimum atomic E-state index is -4.09. The molecule has 9 heteroatoms. The predicted octanol–water partition coefficient (Wildman–Crippen LogP) is 5.64. The van der Waals surface area contributed by atoms with Crippen LogP contribution in [0.4, 0.5) is 4.79 Å². The lowest BCUT2D eigenvalue weighted by molar-refractivity contribution is -0.145. The molecule has 3 aromatic rings. The van der Waals surface area contributed by atoms with Crippen LogP contribution >= 0.6 is 7.60 Å². The number of amides is 1. The van der Waals surface area contributed by atoms with Crippen LogP contribution in [0, 0.1) is 0 Å². The first-order valence-electron chi connectivity index (χ1n) is 11.2. The van der Waals surface area contributed by atoms with Gasteiger partial charge in [-0.15, -0.1) is 0 Å². The molecule has 3 aromatic carbocycles. The summed E-state index contributed by atoms with van der Waals surface area (Å²) in [5.74, 6) is -1.08. The summed E-state index contributed by atoms with van der Waals surface area (Å²) >= 11 is 0. The number of esters is 1. The van der Waals surface area contributed by atoms with Gasteiger partial charge in [-0.2, -0.15) is 0 Å². The maximum absolute atomic E-state index is 14.4. The maximum Gasteiger partial charge on any atom is 0.453 e. The molecule has 1 heterocycles. The van der Waals surface area contributed by atoms with Gasteiger partial charge in [0.15, 0.2) is 5.78 Å². The Kier molecular flexibility index (Phi) is 7.73. The van der Waals surface area contributed by atoms with E-state index < -0.39 is 31.5 Å². The maximum atomic E-state index is 14.4. The summed E-state index contributed by atoms with van der Waals surface area (Å²) in [6.07, 6.45) is -0.393. The molecule has 0 aromatic heterocycles. The Morgan fingerprint density at radius 1 is 0.829 bits per heavy atom. The molecule has 1 aliphatic rings. The summed E-state index contributed by atoms with van der Waals surface area (Å²) < 4.78 is 36.6. The Morgan fingerprint density at radius 2 is 1.34 bits per heavy atom. The molecule has 182 valence electrons. The van der Waals surface area contributed by atoms with Gasteiger partial charge in [-0.05, 0) is 42.7 Å². The van der Waals surface area contributed by atoms with Gasteiger partial charge in [0.25, 0.3) is 0 Å². The van der Waals surface area contributed by atoms with E-state index in [1.165, 1.54) is 7.11 Å². The number of rotatable bonds is 8. The highest BCUT2D eigenvalue weighted by Crippen LogP contribution is 2.58. The molecule has 1 amide bonds. The third-order valence-corrected chi connectivity index (χ3v) is 7.73. The van der Waals surface area contributed by atoms with E-state index in [2.05, 4.69) is 0 Å². The van der Waals surface area contributed by atoms with Crippen molar-refractivity contribution in [1.82, 2.24) is 4.90 Å². The average molecular weight is 495 g/mol. The van der Waals surface area contributed by atoms with E-state index >= 15 is 0 Å². The second-order valence-electron chi connectivity index (χ2n) is 7.89. The first-order chi connectivity index (χ1) is 17.0. The van der Waals surface area contributed by atoms with Crippen molar-refractivity contribution in [2.24, 2.45) is 0 Å². The largest absolute Gasteiger partial charge is 0.467 e. The molecule has 1 aliphatic heterocycles. The van der Waals surface area contributed by atoms with Gasteiger partial charge in [-0.3, -0.25) is 4.90 Å². The van der Waals surface area contributed by atoms with Crippen molar-refractivity contribution in [3.8, 4) is 11.5 Å². The number of para-hydroxylation sites is 2. The van der Waals surface area contributed by atoms with E-state index in [4.69, 9.17) is 18.5 Å². The van der Waals surface area contributed by atoms with Crippen LogP contribution in [0.3, 0.4) is 0 Å². The van der Waals surface area contributed by atoms with Crippen LogP contribution < -0.4 is 9.05 Å². The lowest BCUT2D eigenvalue weighted by atomic mass is 10.2. The van der Waals surface area contributed by atoms with Gasteiger partial charge in [-0.1, -0.05) is 66.7 Å². The van der Waals surface area contributed by atoms with Gasteiger partial charge in [-0.25, -0.2) is 14.2 Å². The summed E-state index contributed by atoms with van der Waals surface area (Å²) in [5.41, 5.74) is 0.774. The van der Waals surface area contributed by atoms with Gasteiger partial charge in [0.1, 0.15) is 24.1 Å². The summed E-state index contributed by atoms with van der Waals surface area (Å²) in [6.45, 7) is -0.0137. The Hall–Kier alpha value is -3.77. The minimum Gasteiger partial charge on any atom is -0.467 e. The van der Waals surface area contributed by atoms with Crippen molar-refractivity contribution >= 4 is 19.7 Å². The zero-order valence-corrected chi connectivity index (χ0v) is 20.1. The fraction of sp³-hybridized carbons (Fsp3) is 0.231. The molecule has 0 N–H and O–H groups in total. The Balaban J connectivity index is 1.66. The van der Waals surface area contributed by atoms with Crippen molar-refractivity contribution < 1.29 is 32.7 Å². The SMILES string of the molecule is COC(=O)[C@@H]1CCC(P(=O)(Oc2ccccc2)Oc2ccccc2)N1C(=O)OCc1ccccc1. The van der Waals surface area contributed by atoms with Crippen LogP contribution in [0.1, 0.15) is 18.4 Å². The molecule has 4 rings (SSSR count). The number of nitrogens with zero attached hydrogens (tertiary/aromatic N) is 1. The fourth-order valence-electron chi connectivity index (χ4n) is 3.91. The van der Waals surface area contributed by atoms with Crippen LogP contribution in [0.2, 0.25) is 0 Å². The molecule has 0 radical (unpaired) electrons. The number of carbonyl (C=O) groups excluding carboxylic acids is 2. The van der Waals surface area contributed by atoms with E-state index in [-0.39, 0.29) is 19.4 Å². The zero-order valence-electron chi connectivity index (χ0n) is 19.2. The van der Waals surface area contributed by atoms with Gasteiger partial charge >= 0.3 is 19.7 Å². The van der Waals surface area contributed by atoms with Crippen LogP contribution in [0.25, 0.3) is 0 Å². The second-order valence-corrected chi connectivity index (χ2v) is 9.93. The molecule has 0 bridgehead atoms. The number of likely N-dealkylation sites (tertiary alicyclic amines) is 1. The summed E-state index contributed by atoms with van der Waals surface area (Å²) in [4.78, 5) is 27.0. The number of carbonyl (C=O) groups is 2. The topological polar surface area (TPSA) is 91.4 Å². The monoisotopic (exact) mass is 495 g/mol.